The number of nitrogens with one attached hydrogen (secondary N) is 1. The molecule has 6 nitrogen and oxygen atoms in total. The summed E-state index contributed by atoms with van der Waals surface area (Å²) in [6, 6.07) is 15.1. The Labute approximate surface area is 190 Å². The van der Waals surface area contributed by atoms with Crippen molar-refractivity contribution in [1.82, 2.24) is 14.1 Å². The van der Waals surface area contributed by atoms with Gasteiger partial charge >= 0.3 is 0 Å². The third-order valence-corrected chi connectivity index (χ3v) is 6.00. The lowest BCUT2D eigenvalue weighted by Crippen LogP contribution is -2.40. The summed E-state index contributed by atoms with van der Waals surface area (Å²) >= 11 is 6.11. The molecule has 0 amide bonds. The highest BCUT2D eigenvalue weighted by Crippen LogP contribution is 2.33. The van der Waals surface area contributed by atoms with Crippen LogP contribution in [0.5, 0.6) is 0 Å². The van der Waals surface area contributed by atoms with Crippen LogP contribution in [0, 0.1) is 0 Å². The lowest BCUT2D eigenvalue weighted by atomic mass is 10.0. The van der Waals surface area contributed by atoms with Gasteiger partial charge in [0.05, 0.1) is 23.0 Å². The second kappa shape index (κ2) is 7.65. The number of aryl methyl sites for hydroxylation is 1. The van der Waals surface area contributed by atoms with E-state index < -0.39 is 5.72 Å². The molecule has 5 rings (SSSR count). The van der Waals surface area contributed by atoms with E-state index >= 15 is 0 Å². The Hall–Kier alpha value is -3.35. The number of fused-ring (bicyclic) bond motifs is 2. The second-order valence-corrected chi connectivity index (χ2v) is 8.47. The third kappa shape index (κ3) is 3.42. The first-order valence-electron chi connectivity index (χ1n) is 10.5. The Kier molecular flexibility index (Phi) is 4.92. The van der Waals surface area contributed by atoms with Gasteiger partial charge in [-0.15, -0.1) is 0 Å². The summed E-state index contributed by atoms with van der Waals surface area (Å²) in [5.41, 5.74) is 4.08. The van der Waals surface area contributed by atoms with Crippen LogP contribution in [0.25, 0.3) is 33.9 Å². The number of hydrogen-bond donors (Lipinski definition) is 1. The van der Waals surface area contributed by atoms with E-state index in [0.717, 1.165) is 27.8 Å². The molecule has 0 unspecified atom stereocenters. The monoisotopic (exact) mass is 446 g/mol. The first-order valence-corrected chi connectivity index (χ1v) is 10.9. The standard InChI is InChI=1S/C25H23ClN4O2/c1-4-32-25(2)12-11-17-13-20(16-5-10-21-22(14-16)29(3)15-27-21)24(31)30(23(17)28-25)19-8-6-18(26)7-9-19/h5-15,28H,4H2,1-3H3/t25-/m0/s1. The lowest BCUT2D eigenvalue weighted by molar-refractivity contribution is 0.0352. The molecule has 1 aliphatic rings. The minimum absolute atomic E-state index is 0.130. The summed E-state index contributed by atoms with van der Waals surface area (Å²) < 4.78 is 9.54. The van der Waals surface area contributed by atoms with Crippen LogP contribution in [0.4, 0.5) is 5.82 Å². The third-order valence-electron chi connectivity index (χ3n) is 5.74. The molecule has 0 fully saturated rings. The van der Waals surface area contributed by atoms with Crippen LogP contribution in [0.2, 0.25) is 5.02 Å². The van der Waals surface area contributed by atoms with Gasteiger partial charge in [0.15, 0.2) is 5.72 Å². The van der Waals surface area contributed by atoms with Gasteiger partial charge in [0.1, 0.15) is 5.82 Å². The molecule has 2 aromatic heterocycles. The minimum Gasteiger partial charge on any atom is -0.353 e. The predicted molar refractivity (Wildman–Crippen MR) is 129 cm³/mol. The molecule has 0 radical (unpaired) electrons. The van der Waals surface area contributed by atoms with Gasteiger partial charge in [-0.05, 0) is 68.0 Å². The van der Waals surface area contributed by atoms with E-state index in [-0.39, 0.29) is 5.56 Å². The quantitative estimate of drug-likeness (QED) is 0.466. The molecule has 3 heterocycles. The number of halogens is 1. The van der Waals surface area contributed by atoms with Gasteiger partial charge in [-0.25, -0.2) is 4.98 Å². The zero-order valence-corrected chi connectivity index (χ0v) is 18.8. The zero-order valence-electron chi connectivity index (χ0n) is 18.1. The maximum Gasteiger partial charge on any atom is 0.264 e. The van der Waals surface area contributed by atoms with E-state index in [1.165, 1.54) is 0 Å². The van der Waals surface area contributed by atoms with E-state index in [2.05, 4.69) is 10.3 Å². The highest BCUT2D eigenvalue weighted by atomic mass is 35.5. The molecule has 0 spiro atoms. The SMILES string of the molecule is CCO[C@@]1(C)C=Cc2cc(-c3ccc4ncn(C)c4c3)c(=O)n(-c3ccc(Cl)cc3)c2N1. The fourth-order valence-electron chi connectivity index (χ4n) is 4.14. The van der Waals surface area contributed by atoms with E-state index in [1.54, 1.807) is 23.0 Å². The topological polar surface area (TPSA) is 61.1 Å². The highest BCUT2D eigenvalue weighted by Gasteiger charge is 2.29. The molecule has 7 heteroatoms. The van der Waals surface area contributed by atoms with Crippen LogP contribution in [0.3, 0.4) is 0 Å². The van der Waals surface area contributed by atoms with Crippen molar-refractivity contribution in [3.05, 3.63) is 81.9 Å². The molecule has 4 aromatic rings. The summed E-state index contributed by atoms with van der Waals surface area (Å²) in [6.45, 7) is 4.42. The summed E-state index contributed by atoms with van der Waals surface area (Å²) in [6.07, 6.45) is 5.75. The van der Waals surface area contributed by atoms with Gasteiger partial charge in [0, 0.05) is 29.8 Å². The molecule has 1 N–H and O–H groups in total. The van der Waals surface area contributed by atoms with E-state index in [9.17, 15) is 4.79 Å². The number of anilines is 1. The van der Waals surface area contributed by atoms with Gasteiger partial charge in [0.2, 0.25) is 0 Å². The summed E-state index contributed by atoms with van der Waals surface area (Å²) in [5.74, 6) is 0.682. The Morgan fingerprint density at radius 3 is 2.69 bits per heavy atom. The van der Waals surface area contributed by atoms with Gasteiger partial charge in [-0.2, -0.15) is 0 Å². The fraction of sp³-hybridized carbons (Fsp3) is 0.200. The molecular weight excluding hydrogens is 424 g/mol. The zero-order chi connectivity index (χ0) is 22.5. The van der Waals surface area contributed by atoms with Crippen LogP contribution in [0.15, 0.2) is 65.7 Å². The summed E-state index contributed by atoms with van der Waals surface area (Å²) in [7, 11) is 1.94. The molecule has 1 aliphatic heterocycles. The number of hydrogen-bond acceptors (Lipinski definition) is 4. The highest BCUT2D eigenvalue weighted by molar-refractivity contribution is 6.30. The molecule has 162 valence electrons. The second-order valence-electron chi connectivity index (χ2n) is 8.04. The molecular formula is C25H23ClN4O2. The van der Waals surface area contributed by atoms with Gasteiger partial charge < -0.3 is 14.6 Å². The van der Waals surface area contributed by atoms with Crippen molar-refractivity contribution in [3.8, 4) is 16.8 Å². The van der Waals surface area contributed by atoms with Crippen LogP contribution < -0.4 is 10.9 Å². The molecule has 0 bridgehead atoms. The molecule has 0 aliphatic carbocycles. The maximum absolute atomic E-state index is 13.9. The van der Waals surface area contributed by atoms with Crippen molar-refractivity contribution in [3.63, 3.8) is 0 Å². The van der Waals surface area contributed by atoms with Crippen LogP contribution >= 0.6 is 11.6 Å². The van der Waals surface area contributed by atoms with E-state index in [4.69, 9.17) is 16.3 Å². The Bertz CT molecular complexity index is 1420. The molecule has 0 saturated carbocycles. The first-order chi connectivity index (χ1) is 15.4. The van der Waals surface area contributed by atoms with Crippen molar-refractivity contribution >= 4 is 34.5 Å². The van der Waals surface area contributed by atoms with Crippen LogP contribution in [0.1, 0.15) is 19.4 Å². The normalized spacial score (nSPS) is 17.4. The average Bonchev–Trinajstić information content (AvgIpc) is 3.15. The van der Waals surface area contributed by atoms with Crippen molar-refractivity contribution in [2.75, 3.05) is 11.9 Å². The Morgan fingerprint density at radius 2 is 1.94 bits per heavy atom. The summed E-state index contributed by atoms with van der Waals surface area (Å²) in [5, 5.41) is 4.03. The Balaban J connectivity index is 1.77. The first kappa shape index (κ1) is 20.5. The summed E-state index contributed by atoms with van der Waals surface area (Å²) in [4.78, 5) is 18.2. The van der Waals surface area contributed by atoms with Crippen molar-refractivity contribution in [1.29, 1.82) is 0 Å². The Morgan fingerprint density at radius 1 is 1.16 bits per heavy atom. The van der Waals surface area contributed by atoms with Crippen molar-refractivity contribution in [2.45, 2.75) is 19.6 Å². The molecule has 0 saturated heterocycles. The average molecular weight is 447 g/mol. The largest absolute Gasteiger partial charge is 0.353 e. The van der Waals surface area contributed by atoms with Crippen LogP contribution in [-0.4, -0.2) is 26.5 Å². The maximum atomic E-state index is 13.9. The fourth-order valence-corrected chi connectivity index (χ4v) is 4.26. The van der Waals surface area contributed by atoms with E-state index in [0.29, 0.717) is 23.0 Å². The van der Waals surface area contributed by atoms with Crippen LogP contribution in [-0.2, 0) is 11.8 Å². The van der Waals surface area contributed by atoms with E-state index in [1.807, 2.05) is 74.0 Å². The number of pyridine rings is 1. The number of rotatable bonds is 4. The number of imidazole rings is 1. The number of ether oxygens (including phenoxy) is 1. The van der Waals surface area contributed by atoms with Gasteiger partial charge in [-0.3, -0.25) is 9.36 Å². The predicted octanol–water partition coefficient (Wildman–Crippen LogP) is 5.24. The number of aromatic nitrogens is 3. The molecule has 2 aromatic carbocycles. The molecule has 1 atom stereocenters. The van der Waals surface area contributed by atoms with Crippen molar-refractivity contribution < 1.29 is 4.74 Å². The number of nitrogens with zero attached hydrogens (tertiary/aromatic N) is 3. The van der Waals surface area contributed by atoms with Gasteiger partial charge in [-0.1, -0.05) is 23.7 Å². The minimum atomic E-state index is -0.711. The lowest BCUT2D eigenvalue weighted by Gasteiger charge is -2.34. The smallest absolute Gasteiger partial charge is 0.264 e. The molecule has 32 heavy (non-hydrogen) atoms. The number of benzene rings is 2. The van der Waals surface area contributed by atoms with Crippen molar-refractivity contribution in [2.24, 2.45) is 7.05 Å². The van der Waals surface area contributed by atoms with Gasteiger partial charge in [0.25, 0.3) is 5.56 Å².